The number of anilines is 1. The van der Waals surface area contributed by atoms with Gasteiger partial charge in [-0.1, -0.05) is 11.3 Å². The van der Waals surface area contributed by atoms with E-state index in [-0.39, 0.29) is 21.3 Å². The molecule has 0 fully saturated rings. The highest BCUT2D eigenvalue weighted by Crippen LogP contribution is 2.44. The Morgan fingerprint density at radius 2 is 2.00 bits per heavy atom. The van der Waals surface area contributed by atoms with E-state index in [1.807, 2.05) is 0 Å². The van der Waals surface area contributed by atoms with Crippen LogP contribution in [0.25, 0.3) is 10.2 Å². The molecule has 0 radical (unpaired) electrons. The summed E-state index contributed by atoms with van der Waals surface area (Å²) in [5, 5.41) is 17.6. The lowest BCUT2D eigenvalue weighted by molar-refractivity contribution is 0.0697. The Bertz CT molecular complexity index is 1350. The monoisotopic (exact) mass is 444 g/mol. The molecule has 30 heavy (non-hydrogen) atoms. The van der Waals surface area contributed by atoms with Gasteiger partial charge in [-0.25, -0.2) is 9.78 Å². The number of aromatic carboxylic acids is 1. The molecule has 0 amide bonds. The Morgan fingerprint density at radius 1 is 1.17 bits per heavy atom. The van der Waals surface area contributed by atoms with Gasteiger partial charge in [0.1, 0.15) is 10.6 Å². The number of azo groups is 1. The summed E-state index contributed by atoms with van der Waals surface area (Å²) < 4.78 is 34.8. The lowest BCUT2D eigenvalue weighted by Crippen LogP contribution is -2.26. The van der Waals surface area contributed by atoms with Crippen molar-refractivity contribution in [3.8, 4) is 0 Å². The number of rotatable bonds is 4. The first-order valence-electron chi connectivity index (χ1n) is 9.28. The van der Waals surface area contributed by atoms with Gasteiger partial charge < -0.3 is 10.0 Å². The molecule has 9 nitrogen and oxygen atoms in total. The fraction of sp³-hybridized carbons (Fsp3) is 0.263. The van der Waals surface area contributed by atoms with Crippen molar-refractivity contribution in [3.05, 3.63) is 41.0 Å². The maximum Gasteiger partial charge on any atom is 0.335 e. The summed E-state index contributed by atoms with van der Waals surface area (Å²) in [7, 11) is -4.49. The highest BCUT2D eigenvalue weighted by atomic mass is 32.2. The normalized spacial score (nSPS) is 15.8. The van der Waals surface area contributed by atoms with E-state index in [9.17, 15) is 17.8 Å². The van der Waals surface area contributed by atoms with Crippen LogP contribution in [0.5, 0.6) is 0 Å². The Hall–Kier alpha value is -2.89. The smallest absolute Gasteiger partial charge is 0.335 e. The number of carboxylic acid groups (broad SMARTS) is 1. The molecule has 0 bridgehead atoms. The summed E-state index contributed by atoms with van der Waals surface area (Å²) in [4.78, 5) is 17.4. The highest BCUT2D eigenvalue weighted by molar-refractivity contribution is 7.86. The number of hydrogen-bond donors (Lipinski definition) is 2. The molecule has 0 aliphatic carbocycles. The summed E-state index contributed by atoms with van der Waals surface area (Å²) in [5.74, 6) is -1.03. The number of carboxylic acids is 1. The maximum atomic E-state index is 12.2. The quantitative estimate of drug-likeness (QED) is 0.459. The second-order valence-corrected chi connectivity index (χ2v) is 9.58. The third-order valence-electron chi connectivity index (χ3n) is 5.36. The summed E-state index contributed by atoms with van der Waals surface area (Å²) in [5.41, 5.74) is 3.32. The van der Waals surface area contributed by atoms with E-state index in [1.165, 1.54) is 12.1 Å². The molecule has 3 heterocycles. The molecule has 0 spiro atoms. The van der Waals surface area contributed by atoms with Crippen molar-refractivity contribution in [2.24, 2.45) is 10.2 Å². The van der Waals surface area contributed by atoms with Crippen molar-refractivity contribution in [1.82, 2.24) is 4.98 Å². The van der Waals surface area contributed by atoms with Crippen molar-refractivity contribution in [2.75, 3.05) is 18.0 Å². The Kier molecular flexibility index (Phi) is 4.34. The number of thiazole rings is 1. The standard InChI is InChI=1S/C19H16N4O5S2/c24-18(25)11-3-4-13-15(9-11)29-19(20-13)22-21-14-8-10-2-1-6-23-7-5-12(16(10)23)17(14)30(26,27)28/h3-4,8-9H,1-2,5-7H2,(H,24,25)(H,26,27,28). The highest BCUT2D eigenvalue weighted by Gasteiger charge is 2.33. The van der Waals surface area contributed by atoms with Crippen LogP contribution in [0, 0.1) is 0 Å². The zero-order valence-electron chi connectivity index (χ0n) is 15.6. The predicted molar refractivity (Wildman–Crippen MR) is 111 cm³/mol. The molecular weight excluding hydrogens is 428 g/mol. The van der Waals surface area contributed by atoms with Gasteiger partial charge in [0.05, 0.1) is 15.8 Å². The van der Waals surface area contributed by atoms with Crippen molar-refractivity contribution in [1.29, 1.82) is 0 Å². The van der Waals surface area contributed by atoms with E-state index in [2.05, 4.69) is 20.1 Å². The van der Waals surface area contributed by atoms with Crippen LogP contribution in [0.1, 0.15) is 27.9 Å². The van der Waals surface area contributed by atoms with Crippen LogP contribution >= 0.6 is 11.3 Å². The minimum Gasteiger partial charge on any atom is -0.478 e. The molecule has 5 rings (SSSR count). The summed E-state index contributed by atoms with van der Waals surface area (Å²) in [6.07, 6.45) is 2.31. The van der Waals surface area contributed by atoms with E-state index in [0.29, 0.717) is 22.2 Å². The Labute approximate surface area is 175 Å². The molecule has 3 aromatic rings. The van der Waals surface area contributed by atoms with Crippen molar-refractivity contribution in [2.45, 2.75) is 24.2 Å². The summed E-state index contributed by atoms with van der Waals surface area (Å²) in [6.45, 7) is 1.59. The van der Waals surface area contributed by atoms with Crippen LogP contribution in [0.4, 0.5) is 16.5 Å². The summed E-state index contributed by atoms with van der Waals surface area (Å²) >= 11 is 1.15. The third kappa shape index (κ3) is 3.15. The van der Waals surface area contributed by atoms with Crippen LogP contribution in [-0.2, 0) is 23.0 Å². The van der Waals surface area contributed by atoms with Crippen LogP contribution in [0.2, 0.25) is 0 Å². The van der Waals surface area contributed by atoms with E-state index < -0.39 is 16.1 Å². The van der Waals surface area contributed by atoms with E-state index in [1.54, 1.807) is 12.1 Å². The lowest BCUT2D eigenvalue weighted by atomic mass is 9.99. The van der Waals surface area contributed by atoms with E-state index in [0.717, 1.165) is 48.5 Å². The molecule has 2 aliphatic rings. The van der Waals surface area contributed by atoms with Crippen molar-refractivity contribution < 1.29 is 22.9 Å². The molecule has 0 atom stereocenters. The van der Waals surface area contributed by atoms with Gasteiger partial charge in [-0.3, -0.25) is 4.55 Å². The van der Waals surface area contributed by atoms with Gasteiger partial charge in [-0.15, -0.1) is 10.2 Å². The van der Waals surface area contributed by atoms with Crippen LogP contribution in [0.3, 0.4) is 0 Å². The first kappa shape index (κ1) is 19.1. The molecule has 154 valence electrons. The molecule has 0 saturated heterocycles. The number of fused-ring (bicyclic) bond motifs is 1. The van der Waals surface area contributed by atoms with Crippen molar-refractivity contribution in [3.63, 3.8) is 0 Å². The van der Waals surface area contributed by atoms with Crippen molar-refractivity contribution >= 4 is 54.1 Å². The second-order valence-electron chi connectivity index (χ2n) is 7.21. The molecule has 2 aromatic carbocycles. The van der Waals surface area contributed by atoms with Gasteiger partial charge in [0.15, 0.2) is 0 Å². The van der Waals surface area contributed by atoms with Crippen LogP contribution in [0.15, 0.2) is 39.4 Å². The van der Waals surface area contributed by atoms with Gasteiger partial charge in [-0.05, 0) is 49.1 Å². The Morgan fingerprint density at radius 3 is 2.77 bits per heavy atom. The van der Waals surface area contributed by atoms with Gasteiger partial charge in [0.2, 0.25) is 5.13 Å². The number of aryl methyl sites for hydroxylation is 1. The summed E-state index contributed by atoms with van der Waals surface area (Å²) in [6, 6.07) is 6.23. The SMILES string of the molecule is O=C(O)c1ccc2nc(N=Nc3cc4c5c(c3S(=O)(=O)O)CCN5CCC4)sc2c1. The van der Waals surface area contributed by atoms with Gasteiger partial charge in [0.25, 0.3) is 10.1 Å². The zero-order chi connectivity index (χ0) is 21.0. The van der Waals surface area contributed by atoms with Gasteiger partial charge in [0, 0.05) is 24.3 Å². The fourth-order valence-corrected chi connectivity index (χ4v) is 5.86. The zero-order valence-corrected chi connectivity index (χ0v) is 17.2. The Balaban J connectivity index is 1.60. The molecule has 2 aliphatic heterocycles. The molecule has 11 heteroatoms. The number of hydrogen-bond acceptors (Lipinski definition) is 8. The molecule has 0 saturated carbocycles. The largest absolute Gasteiger partial charge is 0.478 e. The maximum absolute atomic E-state index is 12.2. The number of aromatic nitrogens is 1. The van der Waals surface area contributed by atoms with Gasteiger partial charge >= 0.3 is 5.97 Å². The van der Waals surface area contributed by atoms with Crippen LogP contribution in [-0.4, -0.2) is 42.1 Å². The first-order valence-corrected chi connectivity index (χ1v) is 11.5. The number of nitrogens with zero attached hydrogens (tertiary/aromatic N) is 4. The average Bonchev–Trinajstić information content (AvgIpc) is 3.29. The third-order valence-corrected chi connectivity index (χ3v) is 7.23. The fourth-order valence-electron chi connectivity index (χ4n) is 4.16. The first-order chi connectivity index (χ1) is 14.3. The minimum atomic E-state index is -4.49. The topological polar surface area (TPSA) is 133 Å². The molecule has 0 unspecified atom stereocenters. The lowest BCUT2D eigenvalue weighted by Gasteiger charge is -2.27. The van der Waals surface area contributed by atoms with Gasteiger partial charge in [-0.2, -0.15) is 8.42 Å². The molecular formula is C19H16N4O5S2. The minimum absolute atomic E-state index is 0.0977. The van der Waals surface area contributed by atoms with Crippen LogP contribution < -0.4 is 4.90 Å². The molecule has 2 N–H and O–H groups in total. The second kappa shape index (κ2) is 6.83. The average molecular weight is 444 g/mol. The predicted octanol–water partition coefficient (Wildman–Crippen LogP) is 3.97. The number of carbonyl (C=O) groups is 1. The van der Waals surface area contributed by atoms with E-state index >= 15 is 0 Å². The number of benzene rings is 2. The van der Waals surface area contributed by atoms with E-state index in [4.69, 9.17) is 5.11 Å². The molecule has 1 aromatic heterocycles.